The number of esters is 2. The van der Waals surface area contributed by atoms with E-state index >= 15 is 0 Å². The number of aliphatic hydroxyl groups excluding tert-OH is 1. The Balaban J connectivity index is 1.15. The van der Waals surface area contributed by atoms with Crippen LogP contribution in [0.3, 0.4) is 0 Å². The molecule has 1 aromatic rings. The smallest absolute Gasteiger partial charge is 0.320 e. The lowest BCUT2D eigenvalue weighted by atomic mass is 9.80. The van der Waals surface area contributed by atoms with Crippen LogP contribution >= 0.6 is 0 Å². The number of carbonyl (C=O) groups is 2. The van der Waals surface area contributed by atoms with Gasteiger partial charge in [0, 0.05) is 70.0 Å². The molecule has 3 saturated heterocycles. The fourth-order valence-electron chi connectivity index (χ4n) is 11.9. The van der Waals surface area contributed by atoms with E-state index in [-0.39, 0.29) is 48.0 Å². The van der Waals surface area contributed by atoms with Crippen LogP contribution in [0.2, 0.25) is 0 Å². The Morgan fingerprint density at radius 1 is 0.781 bits per heavy atom. The van der Waals surface area contributed by atoms with Crippen molar-refractivity contribution >= 4 is 24.1 Å². The monoisotopic (exact) mass is 883 g/mol. The first-order valence-electron chi connectivity index (χ1n) is 25.6. The summed E-state index contributed by atoms with van der Waals surface area (Å²) in [5.41, 5.74) is 10.4. The maximum absolute atomic E-state index is 13.7. The lowest BCUT2D eigenvalue weighted by Crippen LogP contribution is -2.37. The Kier molecular flexibility index (Phi) is 17.1. The number of allylic oxidation sites excluding steroid dienone is 4. The van der Waals surface area contributed by atoms with E-state index in [1.165, 1.54) is 75.3 Å². The van der Waals surface area contributed by atoms with Gasteiger partial charge in [0.25, 0.3) is 0 Å². The minimum absolute atomic E-state index is 0.0260. The van der Waals surface area contributed by atoms with Crippen molar-refractivity contribution in [2.45, 2.75) is 178 Å². The standard InChI is InChI=1S/C55H86N4O5/c1-13-39-35(8)42-28-44-37(10)41(24-25-48(60)64-27-26-34(7)23-17-22-33(6)21-16-20-32(5)19-15-18-31(3)4)52(58-44)50-51(55(62)63-12)54(61)49-38(11)45(59-53(49)50)30-47-40(14-2)36(9)43(57-47)29-46(39)56-42/h28-34,36-38,40-41,47,51-52,56-59,61H,13-27H2,1-12H3/b43-29-,44-28-,45-30-/t32-,33+,34?,36+,37+,38-,40-,41+,47?,51-,52?/m1/s1. The molecule has 0 spiro atoms. The summed E-state index contributed by atoms with van der Waals surface area (Å²) in [7, 11) is 1.39. The van der Waals surface area contributed by atoms with Crippen molar-refractivity contribution in [3.8, 4) is 0 Å². The summed E-state index contributed by atoms with van der Waals surface area (Å²) in [5, 5.41) is 23.5. The van der Waals surface area contributed by atoms with Crippen molar-refractivity contribution in [2.24, 2.45) is 59.2 Å². The Labute approximate surface area is 387 Å². The number of nitrogens with one attached hydrogen (secondary N) is 4. The Morgan fingerprint density at radius 3 is 1.98 bits per heavy atom. The molecule has 9 heteroatoms. The van der Waals surface area contributed by atoms with Crippen molar-refractivity contribution in [1.29, 1.82) is 0 Å². The number of aliphatic hydroxyl groups is 1. The summed E-state index contributed by atoms with van der Waals surface area (Å²) < 4.78 is 11.3. The van der Waals surface area contributed by atoms with Crippen LogP contribution in [0.4, 0.5) is 0 Å². The number of rotatable bonds is 21. The molecule has 64 heavy (non-hydrogen) atoms. The number of methoxy groups -OCH3 is 1. The van der Waals surface area contributed by atoms with Crippen LogP contribution < -0.4 is 16.0 Å². The second kappa shape index (κ2) is 22.1. The number of H-pyrrole nitrogens is 1. The summed E-state index contributed by atoms with van der Waals surface area (Å²) >= 11 is 0. The second-order valence-corrected chi connectivity index (χ2v) is 21.3. The normalized spacial score (nSPS) is 29.9. The summed E-state index contributed by atoms with van der Waals surface area (Å²) in [6.45, 7) is 25.5. The van der Waals surface area contributed by atoms with Gasteiger partial charge in [0.05, 0.1) is 19.8 Å². The molecule has 5 aliphatic rings. The molecule has 0 radical (unpaired) electrons. The van der Waals surface area contributed by atoms with Crippen LogP contribution in [0.25, 0.3) is 12.2 Å². The molecule has 11 atom stereocenters. The van der Waals surface area contributed by atoms with E-state index in [0.717, 1.165) is 83.1 Å². The average Bonchev–Trinajstić information content (AvgIpc) is 3.99. The summed E-state index contributed by atoms with van der Waals surface area (Å²) in [5.74, 6) is 1.94. The van der Waals surface area contributed by atoms with E-state index in [0.29, 0.717) is 30.8 Å². The van der Waals surface area contributed by atoms with Gasteiger partial charge in [-0.2, -0.15) is 0 Å². The zero-order chi connectivity index (χ0) is 46.4. The first-order valence-corrected chi connectivity index (χ1v) is 25.6. The number of hydrogen-bond acceptors (Lipinski definition) is 8. The number of aromatic amines is 1. The Hall–Kier alpha value is -3.88. The lowest BCUT2D eigenvalue weighted by Gasteiger charge is -2.27. The third-order valence-corrected chi connectivity index (χ3v) is 16.2. The van der Waals surface area contributed by atoms with Gasteiger partial charge in [0.1, 0.15) is 11.7 Å². The van der Waals surface area contributed by atoms with Crippen molar-refractivity contribution in [1.82, 2.24) is 20.9 Å². The molecule has 0 saturated carbocycles. The van der Waals surface area contributed by atoms with Gasteiger partial charge >= 0.3 is 11.9 Å². The van der Waals surface area contributed by atoms with E-state index in [4.69, 9.17) is 9.47 Å². The predicted molar refractivity (Wildman–Crippen MR) is 262 cm³/mol. The molecule has 1 aliphatic carbocycles. The van der Waals surface area contributed by atoms with Crippen LogP contribution in [0.15, 0.2) is 45.8 Å². The molecule has 3 fully saturated rings. The number of ether oxygens (including phenoxy) is 2. The topological polar surface area (TPSA) is 125 Å². The van der Waals surface area contributed by atoms with E-state index in [9.17, 15) is 14.7 Å². The molecule has 4 aliphatic heterocycles. The van der Waals surface area contributed by atoms with Gasteiger partial charge in [-0.05, 0) is 96.6 Å². The minimum Gasteiger partial charge on any atom is -0.511 e. The van der Waals surface area contributed by atoms with Crippen molar-refractivity contribution < 1.29 is 24.2 Å². The van der Waals surface area contributed by atoms with Crippen molar-refractivity contribution in [2.75, 3.05) is 13.7 Å². The first-order chi connectivity index (χ1) is 30.6. The van der Waals surface area contributed by atoms with Crippen molar-refractivity contribution in [3.63, 3.8) is 0 Å². The molecular formula is C55H86N4O5. The molecule has 6 rings (SSSR count). The van der Waals surface area contributed by atoms with E-state index < -0.39 is 11.9 Å². The molecule has 356 valence electrons. The fourth-order valence-corrected chi connectivity index (χ4v) is 11.9. The molecule has 0 aromatic carbocycles. The van der Waals surface area contributed by atoms with Gasteiger partial charge in [-0.3, -0.25) is 9.59 Å². The fraction of sp³-hybridized carbons (Fsp3) is 0.709. The first kappa shape index (κ1) is 49.6. The summed E-state index contributed by atoms with van der Waals surface area (Å²) in [6.07, 6.45) is 22.3. The van der Waals surface area contributed by atoms with Gasteiger partial charge in [-0.15, -0.1) is 0 Å². The van der Waals surface area contributed by atoms with Crippen LogP contribution in [0.5, 0.6) is 0 Å². The van der Waals surface area contributed by atoms with Gasteiger partial charge in [-0.25, -0.2) is 0 Å². The second-order valence-electron chi connectivity index (χ2n) is 21.3. The summed E-state index contributed by atoms with van der Waals surface area (Å²) in [4.78, 5) is 31.0. The van der Waals surface area contributed by atoms with Crippen LogP contribution in [0, 0.1) is 66.1 Å². The average molecular weight is 883 g/mol. The molecular weight excluding hydrogens is 797 g/mol. The third kappa shape index (κ3) is 11.0. The van der Waals surface area contributed by atoms with Crippen LogP contribution in [-0.4, -0.2) is 47.8 Å². The zero-order valence-corrected chi connectivity index (χ0v) is 41.8. The lowest BCUT2D eigenvalue weighted by molar-refractivity contribution is -0.145. The molecule has 5 heterocycles. The minimum atomic E-state index is -0.936. The molecule has 5 N–H and O–H groups in total. The maximum atomic E-state index is 13.7. The highest BCUT2D eigenvalue weighted by Gasteiger charge is 2.52. The van der Waals surface area contributed by atoms with Crippen LogP contribution in [-0.2, 0) is 25.5 Å². The van der Waals surface area contributed by atoms with Gasteiger partial charge < -0.3 is 35.5 Å². The molecule has 1 aromatic heterocycles. The van der Waals surface area contributed by atoms with Gasteiger partial charge in [-0.1, -0.05) is 133 Å². The number of aromatic nitrogens is 1. The van der Waals surface area contributed by atoms with Gasteiger partial charge in [0.2, 0.25) is 0 Å². The molecule has 3 unspecified atom stereocenters. The molecule has 8 bridgehead atoms. The highest BCUT2D eigenvalue weighted by Crippen LogP contribution is 2.51. The van der Waals surface area contributed by atoms with Crippen LogP contribution in [0.1, 0.15) is 175 Å². The number of hydrogen-bond donors (Lipinski definition) is 5. The predicted octanol–water partition coefficient (Wildman–Crippen LogP) is 12.2. The maximum Gasteiger partial charge on any atom is 0.320 e. The van der Waals surface area contributed by atoms with E-state index in [1.807, 2.05) is 0 Å². The number of carbonyl (C=O) groups excluding carboxylic acids is 2. The SMILES string of the molecule is CCc1c2[nH]c(c1C)/C=C1\NC(C3=C4N/C(=C\C5N/C(=C\2)[C@@H](C)[C@H]5CC)[C@@H](C)C4=C(O)[C@@H]3C(=O)OC)[C@@H](CCC(=O)OCCC(C)CCC[C@@H](C)CCC[C@H](C)CCCC(C)C)[C@@H]1C. The highest BCUT2D eigenvalue weighted by molar-refractivity contribution is 5.83. The summed E-state index contributed by atoms with van der Waals surface area (Å²) in [6, 6.07) is -0.230. The quantitative estimate of drug-likeness (QED) is 0.0773. The van der Waals surface area contributed by atoms with E-state index in [2.05, 4.69) is 115 Å². The van der Waals surface area contributed by atoms with Crippen molar-refractivity contribution in [3.05, 3.63) is 68.3 Å². The number of fused-ring (bicyclic) bond motifs is 8. The third-order valence-electron chi connectivity index (χ3n) is 16.2. The molecule has 0 amide bonds. The highest BCUT2D eigenvalue weighted by atomic mass is 16.5. The largest absolute Gasteiger partial charge is 0.511 e. The Morgan fingerprint density at radius 2 is 1.38 bits per heavy atom. The zero-order valence-electron chi connectivity index (χ0n) is 41.8. The molecule has 9 nitrogen and oxygen atoms in total. The van der Waals surface area contributed by atoms with Gasteiger partial charge in [0.15, 0.2) is 0 Å². The van der Waals surface area contributed by atoms with E-state index in [1.54, 1.807) is 0 Å². The Bertz CT molecular complexity index is 1970.